The van der Waals surface area contributed by atoms with Crippen LogP contribution in [0, 0.1) is 6.92 Å². The summed E-state index contributed by atoms with van der Waals surface area (Å²) in [5.74, 6) is 1.23. The van der Waals surface area contributed by atoms with Crippen molar-refractivity contribution in [3.8, 4) is 28.4 Å². The molecular weight excluding hydrogens is 464 g/mol. The second-order valence-electron chi connectivity index (χ2n) is 9.24. The van der Waals surface area contributed by atoms with E-state index in [0.717, 1.165) is 28.9 Å². The van der Waals surface area contributed by atoms with Gasteiger partial charge in [-0.05, 0) is 56.9 Å². The Kier molecular flexibility index (Phi) is 8.25. The lowest BCUT2D eigenvalue weighted by Gasteiger charge is -2.25. The van der Waals surface area contributed by atoms with Crippen LogP contribution < -0.4 is 9.47 Å². The van der Waals surface area contributed by atoms with Crippen LogP contribution in [-0.4, -0.2) is 66.9 Å². The van der Waals surface area contributed by atoms with Crippen molar-refractivity contribution in [3.05, 3.63) is 95.7 Å². The molecule has 0 bridgehead atoms. The first kappa shape index (κ1) is 26.0. The first-order chi connectivity index (χ1) is 17.9. The molecule has 37 heavy (non-hydrogen) atoms. The average molecular weight is 499 g/mol. The molecule has 192 valence electrons. The van der Waals surface area contributed by atoms with Gasteiger partial charge in [0.05, 0.1) is 25.6 Å². The number of hydrogen-bond donors (Lipinski definition) is 0. The van der Waals surface area contributed by atoms with Crippen molar-refractivity contribution in [3.63, 3.8) is 0 Å². The highest BCUT2D eigenvalue weighted by Crippen LogP contribution is 2.34. The number of likely N-dealkylation sites (N-methyl/N-ethyl adjacent to an activating group) is 1. The predicted molar refractivity (Wildman–Crippen MR) is 147 cm³/mol. The maximum Gasteiger partial charge on any atom is 0.272 e. The molecule has 0 atom stereocenters. The van der Waals surface area contributed by atoms with E-state index >= 15 is 0 Å². The predicted octanol–water partition coefficient (Wildman–Crippen LogP) is 5.07. The first-order valence-corrected chi connectivity index (χ1v) is 12.3. The zero-order valence-corrected chi connectivity index (χ0v) is 22.1. The SMILES string of the molecule is COc1ccc(-c2cc(C(=O)N(CCN(C)C)Cc3ccccc3)n(-c3ccc(C)cc3)n2)c(OC)c1. The van der Waals surface area contributed by atoms with Crippen LogP contribution in [0.2, 0.25) is 0 Å². The molecule has 0 unspecified atom stereocenters. The number of hydrogen-bond acceptors (Lipinski definition) is 5. The Balaban J connectivity index is 1.80. The molecule has 3 aromatic carbocycles. The number of aromatic nitrogens is 2. The molecule has 0 radical (unpaired) electrons. The van der Waals surface area contributed by atoms with Crippen molar-refractivity contribution in [2.45, 2.75) is 13.5 Å². The van der Waals surface area contributed by atoms with Crippen molar-refractivity contribution >= 4 is 5.91 Å². The molecule has 0 saturated heterocycles. The molecule has 4 aromatic rings. The molecule has 1 amide bonds. The van der Waals surface area contributed by atoms with Crippen molar-refractivity contribution in [1.29, 1.82) is 0 Å². The molecule has 7 heteroatoms. The number of methoxy groups -OCH3 is 2. The molecule has 0 fully saturated rings. The number of rotatable bonds is 10. The zero-order valence-electron chi connectivity index (χ0n) is 22.1. The third-order valence-corrected chi connectivity index (χ3v) is 6.21. The van der Waals surface area contributed by atoms with Gasteiger partial charge in [0.25, 0.3) is 5.91 Å². The summed E-state index contributed by atoms with van der Waals surface area (Å²) in [6.45, 7) is 3.88. The fraction of sp³-hybridized carbons (Fsp3) is 0.267. The Morgan fingerprint density at radius 1 is 0.892 bits per heavy atom. The lowest BCUT2D eigenvalue weighted by atomic mass is 10.1. The average Bonchev–Trinajstić information content (AvgIpc) is 3.36. The summed E-state index contributed by atoms with van der Waals surface area (Å²) < 4.78 is 12.7. The van der Waals surface area contributed by atoms with Crippen LogP contribution in [0.5, 0.6) is 11.5 Å². The monoisotopic (exact) mass is 498 g/mol. The molecule has 7 nitrogen and oxygen atoms in total. The highest BCUT2D eigenvalue weighted by molar-refractivity contribution is 5.94. The summed E-state index contributed by atoms with van der Waals surface area (Å²) in [5.41, 5.74) is 4.96. The maximum atomic E-state index is 14.1. The number of carbonyl (C=O) groups is 1. The molecule has 1 aromatic heterocycles. The van der Waals surface area contributed by atoms with E-state index in [1.807, 2.05) is 105 Å². The Morgan fingerprint density at radius 3 is 2.27 bits per heavy atom. The second-order valence-corrected chi connectivity index (χ2v) is 9.24. The summed E-state index contributed by atoms with van der Waals surface area (Å²) in [7, 11) is 7.25. The van der Waals surface area contributed by atoms with Gasteiger partial charge < -0.3 is 19.3 Å². The molecule has 0 saturated carbocycles. The molecule has 0 N–H and O–H groups in total. The van der Waals surface area contributed by atoms with Gasteiger partial charge in [-0.25, -0.2) is 4.68 Å². The lowest BCUT2D eigenvalue weighted by Crippen LogP contribution is -2.37. The zero-order chi connectivity index (χ0) is 26.4. The third-order valence-electron chi connectivity index (χ3n) is 6.21. The van der Waals surface area contributed by atoms with Crippen molar-refractivity contribution < 1.29 is 14.3 Å². The summed E-state index contributed by atoms with van der Waals surface area (Å²) in [5, 5.41) is 4.89. The van der Waals surface area contributed by atoms with E-state index in [0.29, 0.717) is 36.0 Å². The van der Waals surface area contributed by atoms with Gasteiger partial charge in [-0.1, -0.05) is 48.0 Å². The van der Waals surface area contributed by atoms with Gasteiger partial charge in [0.1, 0.15) is 17.2 Å². The highest BCUT2D eigenvalue weighted by atomic mass is 16.5. The van der Waals surface area contributed by atoms with Gasteiger partial charge in [0.2, 0.25) is 0 Å². The number of benzene rings is 3. The van der Waals surface area contributed by atoms with Crippen molar-refractivity contribution in [2.75, 3.05) is 41.4 Å². The topological polar surface area (TPSA) is 59.8 Å². The molecule has 1 heterocycles. The Morgan fingerprint density at radius 2 is 1.62 bits per heavy atom. The third kappa shape index (κ3) is 6.19. The van der Waals surface area contributed by atoms with Gasteiger partial charge >= 0.3 is 0 Å². The molecule has 4 rings (SSSR count). The minimum Gasteiger partial charge on any atom is -0.497 e. The molecular formula is C30H34N4O3. The molecule has 0 aliphatic heterocycles. The fourth-order valence-corrected chi connectivity index (χ4v) is 4.10. The van der Waals surface area contributed by atoms with E-state index < -0.39 is 0 Å². The van der Waals surface area contributed by atoms with Crippen LogP contribution >= 0.6 is 0 Å². The van der Waals surface area contributed by atoms with E-state index in [1.54, 1.807) is 18.9 Å². The van der Waals surface area contributed by atoms with Crippen molar-refractivity contribution in [2.24, 2.45) is 0 Å². The fourth-order valence-electron chi connectivity index (χ4n) is 4.10. The number of nitrogens with zero attached hydrogens (tertiary/aromatic N) is 4. The molecule has 0 aliphatic carbocycles. The van der Waals surface area contributed by atoms with Gasteiger partial charge in [-0.3, -0.25) is 4.79 Å². The van der Waals surface area contributed by atoms with Crippen molar-refractivity contribution in [1.82, 2.24) is 19.6 Å². The van der Waals surface area contributed by atoms with Gasteiger partial charge in [-0.15, -0.1) is 0 Å². The van der Waals surface area contributed by atoms with Crippen LogP contribution in [0.15, 0.2) is 78.9 Å². The number of aryl methyl sites for hydroxylation is 1. The van der Waals surface area contributed by atoms with E-state index in [-0.39, 0.29) is 5.91 Å². The maximum absolute atomic E-state index is 14.1. The number of ether oxygens (including phenoxy) is 2. The summed E-state index contributed by atoms with van der Waals surface area (Å²) in [6.07, 6.45) is 0. The summed E-state index contributed by atoms with van der Waals surface area (Å²) in [6, 6.07) is 25.5. The van der Waals surface area contributed by atoms with Crippen LogP contribution in [0.25, 0.3) is 16.9 Å². The van der Waals surface area contributed by atoms with E-state index in [1.165, 1.54) is 0 Å². The lowest BCUT2D eigenvalue weighted by molar-refractivity contribution is 0.0722. The van der Waals surface area contributed by atoms with Gasteiger partial charge in [0, 0.05) is 31.3 Å². The van der Waals surface area contributed by atoms with E-state index in [9.17, 15) is 4.79 Å². The van der Waals surface area contributed by atoms with Crippen LogP contribution in [0.4, 0.5) is 0 Å². The second kappa shape index (κ2) is 11.8. The van der Waals surface area contributed by atoms with Gasteiger partial charge in [0.15, 0.2) is 0 Å². The Hall–Kier alpha value is -4.10. The minimum absolute atomic E-state index is 0.0856. The summed E-state index contributed by atoms with van der Waals surface area (Å²) >= 11 is 0. The van der Waals surface area contributed by atoms with E-state index in [4.69, 9.17) is 14.6 Å². The first-order valence-electron chi connectivity index (χ1n) is 12.3. The minimum atomic E-state index is -0.0856. The largest absolute Gasteiger partial charge is 0.497 e. The quantitative estimate of drug-likeness (QED) is 0.306. The molecule has 0 aliphatic rings. The van der Waals surface area contributed by atoms with E-state index in [2.05, 4.69) is 4.90 Å². The van der Waals surface area contributed by atoms with Crippen LogP contribution in [0.3, 0.4) is 0 Å². The van der Waals surface area contributed by atoms with Gasteiger partial charge in [-0.2, -0.15) is 5.10 Å². The smallest absolute Gasteiger partial charge is 0.272 e. The Bertz CT molecular complexity index is 1330. The van der Waals surface area contributed by atoms with Crippen LogP contribution in [0.1, 0.15) is 21.6 Å². The standard InChI is InChI=1S/C30H34N4O3/c1-22-11-13-24(14-12-22)34-28(20-27(31-34)26-16-15-25(36-4)19-29(26)37-5)30(35)33(18-17-32(2)3)21-23-9-7-6-8-10-23/h6-16,19-20H,17-18,21H2,1-5H3. The normalized spacial score (nSPS) is 11.0. The summed E-state index contributed by atoms with van der Waals surface area (Å²) in [4.78, 5) is 18.1. The molecule has 0 spiro atoms. The van der Waals surface area contributed by atoms with Crippen LogP contribution in [-0.2, 0) is 6.54 Å². The highest BCUT2D eigenvalue weighted by Gasteiger charge is 2.24. The Labute approximate surface area is 218 Å². The number of amides is 1. The number of carbonyl (C=O) groups excluding carboxylic acids is 1.